The van der Waals surface area contributed by atoms with Gasteiger partial charge in [0.2, 0.25) is 0 Å². The van der Waals surface area contributed by atoms with E-state index in [0.717, 1.165) is 11.1 Å². The average molecular weight is 449 g/mol. The second-order valence-electron chi connectivity index (χ2n) is 7.59. The van der Waals surface area contributed by atoms with E-state index in [1.165, 1.54) is 6.07 Å². The number of nitrogens with two attached hydrogens (primary N) is 1. The Morgan fingerprint density at radius 2 is 1.84 bits per heavy atom. The zero-order valence-corrected chi connectivity index (χ0v) is 18.6. The molecule has 2 heterocycles. The van der Waals surface area contributed by atoms with Crippen LogP contribution in [-0.4, -0.2) is 10.9 Å². The SMILES string of the molecule is Cc1cc([C@@H](C)Oc2ccc(Cl)nc2C(N)=O)c2oc(-c3ccccc3)c(C)c(=O)c2c1. The maximum Gasteiger partial charge on any atom is 0.271 e. The molecule has 7 heteroatoms. The van der Waals surface area contributed by atoms with Gasteiger partial charge in [0, 0.05) is 16.7 Å². The molecule has 0 unspecified atom stereocenters. The van der Waals surface area contributed by atoms with E-state index >= 15 is 0 Å². The summed E-state index contributed by atoms with van der Waals surface area (Å²) in [6.45, 7) is 5.46. The van der Waals surface area contributed by atoms with Gasteiger partial charge in [-0.2, -0.15) is 0 Å². The van der Waals surface area contributed by atoms with E-state index in [0.29, 0.717) is 27.9 Å². The lowest BCUT2D eigenvalue weighted by atomic mass is 10.00. The monoisotopic (exact) mass is 448 g/mol. The molecule has 0 radical (unpaired) electrons. The van der Waals surface area contributed by atoms with Gasteiger partial charge in [-0.05, 0) is 50.6 Å². The summed E-state index contributed by atoms with van der Waals surface area (Å²) in [5.74, 6) is -0.0505. The number of amides is 1. The minimum absolute atomic E-state index is 0.0661. The number of primary amides is 1. The Kier molecular flexibility index (Phi) is 5.72. The van der Waals surface area contributed by atoms with Crippen LogP contribution in [0, 0.1) is 13.8 Å². The van der Waals surface area contributed by atoms with Crippen molar-refractivity contribution in [3.63, 3.8) is 0 Å². The molecule has 0 aliphatic heterocycles. The molecule has 2 N–H and O–H groups in total. The Morgan fingerprint density at radius 1 is 1.12 bits per heavy atom. The molecule has 0 spiro atoms. The van der Waals surface area contributed by atoms with Crippen LogP contribution >= 0.6 is 11.6 Å². The highest BCUT2D eigenvalue weighted by atomic mass is 35.5. The molecule has 0 aliphatic carbocycles. The molecular formula is C25H21ClN2O4. The second-order valence-corrected chi connectivity index (χ2v) is 7.97. The number of fused-ring (bicyclic) bond motifs is 1. The average Bonchev–Trinajstić information content (AvgIpc) is 2.77. The van der Waals surface area contributed by atoms with Gasteiger partial charge < -0.3 is 14.9 Å². The van der Waals surface area contributed by atoms with Gasteiger partial charge in [0.05, 0.1) is 5.39 Å². The van der Waals surface area contributed by atoms with Crippen LogP contribution in [-0.2, 0) is 0 Å². The van der Waals surface area contributed by atoms with E-state index in [4.69, 9.17) is 26.5 Å². The number of hydrogen-bond acceptors (Lipinski definition) is 5. The molecule has 2 aromatic carbocycles. The molecule has 0 aliphatic rings. The summed E-state index contributed by atoms with van der Waals surface area (Å²) in [7, 11) is 0. The minimum atomic E-state index is -0.752. The summed E-state index contributed by atoms with van der Waals surface area (Å²) in [5, 5.41) is 0.603. The third-order valence-corrected chi connectivity index (χ3v) is 5.44. The molecule has 32 heavy (non-hydrogen) atoms. The lowest BCUT2D eigenvalue weighted by Gasteiger charge is -2.19. The first-order chi connectivity index (χ1) is 15.3. The molecule has 162 valence electrons. The molecule has 4 rings (SSSR count). The predicted molar refractivity (Wildman–Crippen MR) is 124 cm³/mol. The van der Waals surface area contributed by atoms with Crippen molar-refractivity contribution in [2.24, 2.45) is 5.73 Å². The highest BCUT2D eigenvalue weighted by Crippen LogP contribution is 2.33. The molecule has 0 saturated heterocycles. The van der Waals surface area contributed by atoms with Crippen molar-refractivity contribution in [3.8, 4) is 17.1 Å². The number of aryl methyl sites for hydroxylation is 1. The number of pyridine rings is 1. The molecule has 0 saturated carbocycles. The number of hydrogen-bond donors (Lipinski definition) is 1. The molecule has 4 aromatic rings. The number of ether oxygens (including phenoxy) is 1. The first-order valence-electron chi connectivity index (χ1n) is 10.0. The van der Waals surface area contributed by atoms with E-state index in [1.807, 2.05) is 43.3 Å². The summed E-state index contributed by atoms with van der Waals surface area (Å²) in [6, 6.07) is 16.2. The summed E-state index contributed by atoms with van der Waals surface area (Å²) >= 11 is 5.90. The van der Waals surface area contributed by atoms with Crippen molar-refractivity contribution in [1.82, 2.24) is 4.98 Å². The Hall–Kier alpha value is -3.64. The lowest BCUT2D eigenvalue weighted by molar-refractivity contribution is 0.0988. The van der Waals surface area contributed by atoms with E-state index < -0.39 is 12.0 Å². The molecule has 1 atom stereocenters. The molecule has 1 amide bonds. The number of carbonyl (C=O) groups is 1. The maximum absolute atomic E-state index is 13.2. The molecule has 2 aromatic heterocycles. The maximum atomic E-state index is 13.2. The first kappa shape index (κ1) is 21.6. The number of carbonyl (C=O) groups excluding carboxylic acids is 1. The highest BCUT2D eigenvalue weighted by Gasteiger charge is 2.21. The van der Waals surface area contributed by atoms with E-state index in [-0.39, 0.29) is 22.0 Å². The molecular weight excluding hydrogens is 428 g/mol. The lowest BCUT2D eigenvalue weighted by Crippen LogP contribution is -2.17. The van der Waals surface area contributed by atoms with Gasteiger partial charge in [-0.1, -0.05) is 41.9 Å². The highest BCUT2D eigenvalue weighted by molar-refractivity contribution is 6.29. The molecule has 0 fully saturated rings. The third-order valence-electron chi connectivity index (χ3n) is 5.23. The minimum Gasteiger partial charge on any atom is -0.483 e. The number of nitrogens with zero attached hydrogens (tertiary/aromatic N) is 1. The van der Waals surface area contributed by atoms with Gasteiger partial charge >= 0.3 is 0 Å². The zero-order chi connectivity index (χ0) is 23.0. The van der Waals surface area contributed by atoms with Crippen LogP contribution in [0.25, 0.3) is 22.3 Å². The van der Waals surface area contributed by atoms with Gasteiger partial charge in [-0.3, -0.25) is 9.59 Å². The smallest absolute Gasteiger partial charge is 0.271 e. The van der Waals surface area contributed by atoms with Gasteiger partial charge in [0.15, 0.2) is 16.9 Å². The van der Waals surface area contributed by atoms with Crippen molar-refractivity contribution < 1.29 is 13.9 Å². The topological polar surface area (TPSA) is 95.4 Å². The van der Waals surface area contributed by atoms with Gasteiger partial charge in [-0.25, -0.2) is 4.98 Å². The van der Waals surface area contributed by atoms with E-state index in [1.54, 1.807) is 26.0 Å². The number of rotatable bonds is 5. The Morgan fingerprint density at radius 3 is 2.53 bits per heavy atom. The standard InChI is InChI=1S/C25H21ClN2O4/c1-13-11-17(15(3)31-19-9-10-20(26)28-21(19)25(27)30)24-18(12-13)22(29)14(2)23(32-24)16-7-5-4-6-8-16/h4-12,15H,1-3H3,(H2,27,30)/t15-/m1/s1. The van der Waals surface area contributed by atoms with Crippen molar-refractivity contribution >= 4 is 28.5 Å². The predicted octanol–water partition coefficient (Wildman–Crippen LogP) is 5.36. The largest absolute Gasteiger partial charge is 0.483 e. The van der Waals surface area contributed by atoms with E-state index in [2.05, 4.69) is 4.98 Å². The number of halogens is 1. The summed E-state index contributed by atoms with van der Waals surface area (Å²) in [5.41, 5.74) is 8.58. The van der Waals surface area contributed by atoms with Crippen molar-refractivity contribution in [3.05, 3.63) is 92.4 Å². The summed E-state index contributed by atoms with van der Waals surface area (Å²) in [6.07, 6.45) is -0.576. The van der Waals surface area contributed by atoms with Crippen LogP contribution in [0.3, 0.4) is 0 Å². The molecule has 6 nitrogen and oxygen atoms in total. The zero-order valence-electron chi connectivity index (χ0n) is 17.8. The first-order valence-corrected chi connectivity index (χ1v) is 10.4. The van der Waals surface area contributed by atoms with Gasteiger partial charge in [0.1, 0.15) is 22.6 Å². The third kappa shape index (κ3) is 3.97. The summed E-state index contributed by atoms with van der Waals surface area (Å²) in [4.78, 5) is 29.0. The quantitative estimate of drug-likeness (QED) is 0.414. The van der Waals surface area contributed by atoms with Crippen LogP contribution in [0.2, 0.25) is 5.15 Å². The molecule has 0 bridgehead atoms. The number of aromatic nitrogens is 1. The van der Waals surface area contributed by atoms with Crippen molar-refractivity contribution in [2.45, 2.75) is 26.9 Å². The van der Waals surface area contributed by atoms with Crippen LogP contribution < -0.4 is 15.9 Å². The Labute approximate surface area is 189 Å². The summed E-state index contributed by atoms with van der Waals surface area (Å²) < 4.78 is 12.3. The fourth-order valence-electron chi connectivity index (χ4n) is 3.68. The van der Waals surface area contributed by atoms with Crippen molar-refractivity contribution in [2.75, 3.05) is 0 Å². The second kappa shape index (κ2) is 8.48. The van der Waals surface area contributed by atoms with Gasteiger partial charge in [-0.15, -0.1) is 0 Å². The fourth-order valence-corrected chi connectivity index (χ4v) is 3.83. The fraction of sp³-hybridized carbons (Fsp3) is 0.160. The van der Waals surface area contributed by atoms with Crippen LogP contribution in [0.4, 0.5) is 0 Å². The Balaban J connectivity index is 1.88. The normalized spacial score (nSPS) is 12.0. The van der Waals surface area contributed by atoms with E-state index in [9.17, 15) is 9.59 Å². The van der Waals surface area contributed by atoms with Crippen LogP contribution in [0.5, 0.6) is 5.75 Å². The van der Waals surface area contributed by atoms with Crippen LogP contribution in [0.1, 0.15) is 40.2 Å². The van der Waals surface area contributed by atoms with Gasteiger partial charge in [0.25, 0.3) is 5.91 Å². The van der Waals surface area contributed by atoms with Crippen molar-refractivity contribution in [1.29, 1.82) is 0 Å². The number of benzene rings is 2. The Bertz CT molecular complexity index is 1400. The van der Waals surface area contributed by atoms with Crippen LogP contribution in [0.15, 0.2) is 63.8 Å².